The number of aromatic nitrogens is 6. The highest BCUT2D eigenvalue weighted by Gasteiger charge is 2.23. The molecule has 0 aliphatic rings. The van der Waals surface area contributed by atoms with E-state index in [0.717, 1.165) is 11.3 Å². The molecule has 0 bridgehead atoms. The fraction of sp³-hybridized carbons (Fsp3) is 0.167. The van der Waals surface area contributed by atoms with Crippen LogP contribution in [0.2, 0.25) is 0 Å². The lowest BCUT2D eigenvalue weighted by atomic mass is 10.1. The number of hydrogen-bond donors (Lipinski definition) is 2. The summed E-state index contributed by atoms with van der Waals surface area (Å²) in [5.74, 6) is 6.57. The smallest absolute Gasteiger partial charge is 0.274 e. The number of nitrogen functional groups attached to an aromatic ring is 1. The first-order chi connectivity index (χ1) is 22.7. The van der Waals surface area contributed by atoms with Gasteiger partial charge in [0.2, 0.25) is 0 Å². The normalized spacial score (nSPS) is 11.6. The van der Waals surface area contributed by atoms with Crippen LogP contribution in [0.4, 0.5) is 5.82 Å². The summed E-state index contributed by atoms with van der Waals surface area (Å²) in [5.41, 5.74) is 9.09. The number of rotatable bonds is 7. The topological polar surface area (TPSA) is 143 Å². The van der Waals surface area contributed by atoms with Crippen LogP contribution in [0.5, 0.6) is 5.75 Å². The van der Waals surface area contributed by atoms with Gasteiger partial charge < -0.3 is 15.8 Å². The van der Waals surface area contributed by atoms with Crippen LogP contribution < -0.4 is 21.3 Å². The third-order valence-electron chi connectivity index (χ3n) is 7.25. The van der Waals surface area contributed by atoms with Crippen LogP contribution in [0, 0.1) is 11.8 Å². The second-order valence-electron chi connectivity index (χ2n) is 11.1. The summed E-state index contributed by atoms with van der Waals surface area (Å²) in [7, 11) is 1.81. The average molecular weight is 625 g/mol. The van der Waals surface area contributed by atoms with Gasteiger partial charge in [0, 0.05) is 24.4 Å². The molecule has 1 amide bonds. The molecule has 234 valence electrons. The second kappa shape index (κ2) is 13.0. The molecule has 6 aromatic rings. The SMILES string of the molecule is CC(C)Oc1ccc(-c2cnc(N)c(C(=O)N[C@H](C)c3nc4cccc(C#Cc5ccn(C)n5)c4c(=O)n3-c3ccccc3)n2)cc1. The maximum absolute atomic E-state index is 14.3. The molecule has 0 aliphatic heterocycles. The number of carbonyl (C=O) groups is 1. The van der Waals surface area contributed by atoms with Crippen LogP contribution in [0.25, 0.3) is 27.8 Å². The van der Waals surface area contributed by atoms with Crippen molar-refractivity contribution in [3.05, 3.63) is 124 Å². The van der Waals surface area contributed by atoms with Gasteiger partial charge >= 0.3 is 0 Å². The Kier molecular flexibility index (Phi) is 8.49. The van der Waals surface area contributed by atoms with Crippen LogP contribution >= 0.6 is 0 Å². The molecule has 0 saturated heterocycles. The third kappa shape index (κ3) is 6.57. The molecule has 0 unspecified atom stereocenters. The second-order valence-corrected chi connectivity index (χ2v) is 11.1. The standard InChI is InChI=1S/C36H32N8O3/c1-22(2)47-28-17-14-24(15-18-28)30-21-38-33(37)32(40-30)35(45)39-23(3)34-41-29-12-8-9-25(13-16-26-19-20-43(4)42-26)31(29)36(46)44(34)27-10-6-5-7-11-27/h5-12,14-15,17-23H,1-4H3,(H2,37,38)(H,39,45)/t23-/m1/s1. The number of ether oxygens (including phenoxy) is 1. The highest BCUT2D eigenvalue weighted by molar-refractivity contribution is 5.97. The predicted molar refractivity (Wildman–Crippen MR) is 180 cm³/mol. The number of amides is 1. The van der Waals surface area contributed by atoms with Crippen molar-refractivity contribution in [2.24, 2.45) is 7.05 Å². The largest absolute Gasteiger partial charge is 0.491 e. The lowest BCUT2D eigenvalue weighted by Crippen LogP contribution is -2.34. The van der Waals surface area contributed by atoms with Crippen molar-refractivity contribution in [3.8, 4) is 34.5 Å². The molecule has 6 rings (SSSR count). The van der Waals surface area contributed by atoms with Crippen LogP contribution in [-0.2, 0) is 7.05 Å². The van der Waals surface area contributed by atoms with E-state index in [2.05, 4.69) is 32.2 Å². The quantitative estimate of drug-likeness (QED) is 0.240. The summed E-state index contributed by atoms with van der Waals surface area (Å²) in [6, 6.07) is 22.9. The van der Waals surface area contributed by atoms with Gasteiger partial charge in [-0.25, -0.2) is 15.0 Å². The van der Waals surface area contributed by atoms with Gasteiger partial charge in [0.15, 0.2) is 11.5 Å². The lowest BCUT2D eigenvalue weighted by Gasteiger charge is -2.20. The Labute approximate surface area is 271 Å². The van der Waals surface area contributed by atoms with E-state index in [0.29, 0.717) is 39.4 Å². The van der Waals surface area contributed by atoms with Crippen molar-refractivity contribution in [3.63, 3.8) is 0 Å². The van der Waals surface area contributed by atoms with E-state index in [1.54, 1.807) is 54.2 Å². The number of anilines is 1. The molecule has 3 aromatic carbocycles. The Morgan fingerprint density at radius 3 is 2.40 bits per heavy atom. The predicted octanol–water partition coefficient (Wildman–Crippen LogP) is 4.84. The summed E-state index contributed by atoms with van der Waals surface area (Å²) < 4.78 is 8.88. The number of para-hydroxylation sites is 1. The summed E-state index contributed by atoms with van der Waals surface area (Å²) in [6.07, 6.45) is 3.35. The Hall–Kier alpha value is -6.28. The van der Waals surface area contributed by atoms with Crippen LogP contribution in [0.15, 0.2) is 96.1 Å². The van der Waals surface area contributed by atoms with Crippen molar-refractivity contribution in [1.82, 2.24) is 34.6 Å². The molecular formula is C36H32N8O3. The zero-order valence-corrected chi connectivity index (χ0v) is 26.3. The van der Waals surface area contributed by atoms with Crippen molar-refractivity contribution < 1.29 is 9.53 Å². The first-order valence-corrected chi connectivity index (χ1v) is 15.0. The maximum Gasteiger partial charge on any atom is 0.274 e. The van der Waals surface area contributed by atoms with E-state index in [9.17, 15) is 9.59 Å². The number of nitrogens with zero attached hydrogens (tertiary/aromatic N) is 6. The van der Waals surface area contributed by atoms with E-state index >= 15 is 0 Å². The number of carbonyl (C=O) groups excluding carboxylic acids is 1. The molecule has 11 nitrogen and oxygen atoms in total. The molecule has 0 radical (unpaired) electrons. The molecule has 0 saturated carbocycles. The summed E-state index contributed by atoms with van der Waals surface area (Å²) in [6.45, 7) is 5.65. The van der Waals surface area contributed by atoms with Gasteiger partial charge in [0.25, 0.3) is 11.5 Å². The van der Waals surface area contributed by atoms with Crippen molar-refractivity contribution in [2.45, 2.75) is 32.9 Å². The fourth-order valence-corrected chi connectivity index (χ4v) is 5.09. The van der Waals surface area contributed by atoms with Gasteiger partial charge in [-0.2, -0.15) is 5.10 Å². The van der Waals surface area contributed by atoms with Crippen molar-refractivity contribution in [2.75, 3.05) is 5.73 Å². The van der Waals surface area contributed by atoms with Gasteiger partial charge in [-0.3, -0.25) is 18.8 Å². The molecule has 0 aliphatic carbocycles. The summed E-state index contributed by atoms with van der Waals surface area (Å²) in [5, 5.41) is 7.59. The third-order valence-corrected chi connectivity index (χ3v) is 7.25. The monoisotopic (exact) mass is 624 g/mol. The zero-order valence-electron chi connectivity index (χ0n) is 26.3. The van der Waals surface area contributed by atoms with Gasteiger partial charge in [-0.15, -0.1) is 0 Å². The van der Waals surface area contributed by atoms with E-state index in [1.165, 1.54) is 10.8 Å². The molecule has 0 fully saturated rings. The first-order valence-electron chi connectivity index (χ1n) is 15.0. The van der Waals surface area contributed by atoms with Gasteiger partial charge in [-0.05, 0) is 81.3 Å². The highest BCUT2D eigenvalue weighted by Crippen LogP contribution is 2.24. The van der Waals surface area contributed by atoms with Gasteiger partial charge in [-0.1, -0.05) is 30.2 Å². The average Bonchev–Trinajstić information content (AvgIpc) is 3.49. The van der Waals surface area contributed by atoms with Gasteiger partial charge in [0.05, 0.1) is 40.6 Å². The van der Waals surface area contributed by atoms with E-state index in [-0.39, 0.29) is 23.2 Å². The first kappa shape index (κ1) is 30.7. The zero-order chi connectivity index (χ0) is 33.1. The van der Waals surface area contributed by atoms with Crippen LogP contribution in [0.1, 0.15) is 54.4 Å². The Balaban J connectivity index is 1.37. The number of benzene rings is 3. The summed E-state index contributed by atoms with van der Waals surface area (Å²) in [4.78, 5) is 41.5. The molecular weight excluding hydrogens is 592 g/mol. The minimum Gasteiger partial charge on any atom is -0.491 e. The lowest BCUT2D eigenvalue weighted by molar-refractivity contribution is 0.0933. The molecule has 3 heterocycles. The van der Waals surface area contributed by atoms with Crippen molar-refractivity contribution >= 4 is 22.6 Å². The fourth-order valence-electron chi connectivity index (χ4n) is 5.09. The number of hydrogen-bond acceptors (Lipinski definition) is 8. The minimum atomic E-state index is -0.736. The Bertz CT molecular complexity index is 2210. The molecule has 3 aromatic heterocycles. The molecule has 47 heavy (non-hydrogen) atoms. The van der Waals surface area contributed by atoms with E-state index in [4.69, 9.17) is 15.5 Å². The molecule has 11 heteroatoms. The minimum absolute atomic E-state index is 0.0266. The number of aryl methyl sites for hydroxylation is 1. The highest BCUT2D eigenvalue weighted by atomic mass is 16.5. The van der Waals surface area contributed by atoms with Crippen LogP contribution in [-0.4, -0.2) is 41.3 Å². The maximum atomic E-state index is 14.3. The number of nitrogens with two attached hydrogens (primary N) is 1. The van der Waals surface area contributed by atoms with Crippen molar-refractivity contribution in [1.29, 1.82) is 0 Å². The van der Waals surface area contributed by atoms with E-state index in [1.807, 2.05) is 63.4 Å². The van der Waals surface area contributed by atoms with E-state index < -0.39 is 11.9 Å². The number of nitrogens with one attached hydrogen (secondary N) is 1. The Morgan fingerprint density at radius 1 is 0.936 bits per heavy atom. The van der Waals surface area contributed by atoms with Crippen LogP contribution in [0.3, 0.4) is 0 Å². The molecule has 0 spiro atoms. The molecule has 1 atom stereocenters. The Morgan fingerprint density at radius 2 is 1.70 bits per heavy atom. The molecule has 3 N–H and O–H groups in total. The summed E-state index contributed by atoms with van der Waals surface area (Å²) >= 11 is 0. The van der Waals surface area contributed by atoms with Gasteiger partial charge in [0.1, 0.15) is 17.3 Å². The number of fused-ring (bicyclic) bond motifs is 1.